The minimum absolute atomic E-state index is 0.324. The van der Waals surface area contributed by atoms with E-state index in [-0.39, 0.29) is 12.5 Å². The second-order valence-corrected chi connectivity index (χ2v) is 9.18. The first-order valence-electron chi connectivity index (χ1n) is 10.7. The van der Waals surface area contributed by atoms with Gasteiger partial charge in [-0.3, -0.25) is 14.5 Å². The zero-order valence-electron chi connectivity index (χ0n) is 18.5. The number of urea groups is 1. The molecular weight excluding hydrogens is 434 g/mol. The quantitative estimate of drug-likeness (QED) is 0.508. The summed E-state index contributed by atoms with van der Waals surface area (Å²) in [5.74, 6) is -0.812. The number of carbonyl (C=O) groups excluding carboxylic acids is 3. The van der Waals surface area contributed by atoms with Crippen LogP contribution in [0.2, 0.25) is 0 Å². The number of aryl methyl sites for hydroxylation is 2. The van der Waals surface area contributed by atoms with Crippen LogP contribution in [-0.2, 0) is 16.0 Å². The first kappa shape index (κ1) is 22.6. The Morgan fingerprint density at radius 2 is 1.73 bits per heavy atom. The van der Waals surface area contributed by atoms with Crippen LogP contribution in [0.25, 0.3) is 0 Å². The molecule has 3 aromatic carbocycles. The lowest BCUT2D eigenvalue weighted by Gasteiger charge is -2.13. The van der Waals surface area contributed by atoms with Crippen LogP contribution >= 0.6 is 11.8 Å². The van der Waals surface area contributed by atoms with Gasteiger partial charge in [-0.25, -0.2) is 4.79 Å². The summed E-state index contributed by atoms with van der Waals surface area (Å²) in [6.45, 7) is 3.82. The van der Waals surface area contributed by atoms with Gasteiger partial charge in [-0.1, -0.05) is 54.2 Å². The topological polar surface area (TPSA) is 78.5 Å². The van der Waals surface area contributed by atoms with Crippen molar-refractivity contribution in [2.75, 3.05) is 11.9 Å². The maximum absolute atomic E-state index is 12.6. The molecule has 0 bridgehead atoms. The molecule has 2 N–H and O–H groups in total. The number of nitrogens with one attached hydrogen (secondary N) is 2. The standard InChI is InChI=1S/C26H25N3O3S/c1-17-8-9-18(2)23(14-17)33-21-12-10-20(11-13-21)27-24(30)16-29-25(31)22(28-26(29)32)15-19-6-4-3-5-7-19/h3-14,22H,15-16H2,1-2H3,(H,27,30)(H,28,32). The van der Waals surface area contributed by atoms with Crippen molar-refractivity contribution in [1.29, 1.82) is 0 Å². The van der Waals surface area contributed by atoms with Crippen molar-refractivity contribution in [1.82, 2.24) is 10.2 Å². The maximum atomic E-state index is 12.6. The highest BCUT2D eigenvalue weighted by Crippen LogP contribution is 2.31. The lowest BCUT2D eigenvalue weighted by molar-refractivity contribution is -0.130. The normalized spacial score (nSPS) is 15.5. The third-order valence-corrected chi connectivity index (χ3v) is 6.57. The van der Waals surface area contributed by atoms with E-state index in [0.717, 1.165) is 15.4 Å². The van der Waals surface area contributed by atoms with Crippen LogP contribution in [0.5, 0.6) is 0 Å². The van der Waals surface area contributed by atoms with E-state index in [2.05, 4.69) is 42.7 Å². The van der Waals surface area contributed by atoms with E-state index in [9.17, 15) is 14.4 Å². The number of rotatable bonds is 7. The van der Waals surface area contributed by atoms with E-state index >= 15 is 0 Å². The third-order valence-electron chi connectivity index (χ3n) is 5.40. The SMILES string of the molecule is Cc1ccc(C)c(Sc2ccc(NC(=O)CN3C(=O)NC(Cc4ccccc4)C3=O)cc2)c1. The van der Waals surface area contributed by atoms with Gasteiger partial charge >= 0.3 is 6.03 Å². The Labute approximate surface area is 197 Å². The molecule has 33 heavy (non-hydrogen) atoms. The van der Waals surface area contributed by atoms with Crippen LogP contribution in [0.3, 0.4) is 0 Å². The largest absolute Gasteiger partial charge is 0.325 e. The first-order chi connectivity index (χ1) is 15.9. The lowest BCUT2D eigenvalue weighted by atomic mass is 10.1. The van der Waals surface area contributed by atoms with E-state index in [1.54, 1.807) is 11.8 Å². The summed E-state index contributed by atoms with van der Waals surface area (Å²) in [4.78, 5) is 40.6. The van der Waals surface area contributed by atoms with Crippen molar-refractivity contribution in [2.24, 2.45) is 0 Å². The summed E-state index contributed by atoms with van der Waals surface area (Å²) in [5.41, 5.74) is 3.97. The molecule has 0 radical (unpaired) electrons. The number of hydrogen-bond acceptors (Lipinski definition) is 4. The van der Waals surface area contributed by atoms with Gasteiger partial charge in [0.15, 0.2) is 0 Å². The van der Waals surface area contributed by atoms with E-state index in [4.69, 9.17) is 0 Å². The number of benzene rings is 3. The highest BCUT2D eigenvalue weighted by molar-refractivity contribution is 7.99. The van der Waals surface area contributed by atoms with Crippen LogP contribution in [0.15, 0.2) is 82.6 Å². The van der Waals surface area contributed by atoms with E-state index in [1.165, 1.54) is 16.0 Å². The van der Waals surface area contributed by atoms with Gasteiger partial charge in [0.05, 0.1) is 0 Å². The molecule has 3 aromatic rings. The highest BCUT2D eigenvalue weighted by atomic mass is 32.2. The molecular formula is C26H25N3O3S. The summed E-state index contributed by atoms with van der Waals surface area (Å²) in [6.07, 6.45) is 0.392. The third kappa shape index (κ3) is 5.62. The van der Waals surface area contributed by atoms with E-state index in [0.29, 0.717) is 12.1 Å². The Morgan fingerprint density at radius 1 is 1.00 bits per heavy atom. The minimum Gasteiger partial charge on any atom is -0.325 e. The molecule has 1 aliphatic heterocycles. The number of hydrogen-bond donors (Lipinski definition) is 2. The molecule has 1 heterocycles. The summed E-state index contributed by atoms with van der Waals surface area (Å²) >= 11 is 1.67. The number of carbonyl (C=O) groups is 3. The molecule has 1 unspecified atom stereocenters. The number of imide groups is 1. The summed E-state index contributed by atoms with van der Waals surface area (Å²) < 4.78 is 0. The molecule has 1 fully saturated rings. The Kier molecular flexibility index (Phi) is 6.79. The van der Waals surface area contributed by atoms with Crippen LogP contribution in [0.4, 0.5) is 10.5 Å². The van der Waals surface area contributed by atoms with E-state index < -0.39 is 18.0 Å². The molecule has 0 aliphatic carbocycles. The van der Waals surface area contributed by atoms with Crippen molar-refractivity contribution < 1.29 is 14.4 Å². The van der Waals surface area contributed by atoms with Gasteiger partial charge in [-0.05, 0) is 60.9 Å². The van der Waals surface area contributed by atoms with Crippen LogP contribution in [0, 0.1) is 13.8 Å². The van der Waals surface area contributed by atoms with Gasteiger partial charge in [0, 0.05) is 21.9 Å². The number of amides is 4. The second kappa shape index (κ2) is 9.92. The monoisotopic (exact) mass is 459 g/mol. The van der Waals surface area contributed by atoms with Gasteiger partial charge in [-0.15, -0.1) is 0 Å². The van der Waals surface area contributed by atoms with Gasteiger partial charge in [0.2, 0.25) is 5.91 Å². The first-order valence-corrected chi connectivity index (χ1v) is 11.5. The van der Waals surface area contributed by atoms with Crippen molar-refractivity contribution in [3.8, 4) is 0 Å². The predicted molar refractivity (Wildman–Crippen MR) is 129 cm³/mol. The summed E-state index contributed by atoms with van der Waals surface area (Å²) in [6, 6.07) is 22.1. The molecule has 7 heteroatoms. The fourth-order valence-corrected chi connectivity index (χ4v) is 4.61. The molecule has 6 nitrogen and oxygen atoms in total. The fraction of sp³-hybridized carbons (Fsp3) is 0.192. The molecule has 4 rings (SSSR count). The molecule has 0 spiro atoms. The Morgan fingerprint density at radius 3 is 2.45 bits per heavy atom. The average Bonchev–Trinajstić information content (AvgIpc) is 3.05. The molecule has 1 saturated heterocycles. The zero-order valence-corrected chi connectivity index (χ0v) is 19.3. The molecule has 0 saturated carbocycles. The van der Waals surface area contributed by atoms with Gasteiger partial charge < -0.3 is 10.6 Å². The average molecular weight is 460 g/mol. The van der Waals surface area contributed by atoms with Gasteiger partial charge in [0.25, 0.3) is 5.91 Å². The van der Waals surface area contributed by atoms with Crippen molar-refractivity contribution in [2.45, 2.75) is 36.1 Å². The Bertz CT molecular complexity index is 1180. The van der Waals surface area contributed by atoms with Crippen LogP contribution in [0.1, 0.15) is 16.7 Å². The minimum atomic E-state index is -0.658. The molecule has 4 amide bonds. The highest BCUT2D eigenvalue weighted by Gasteiger charge is 2.38. The zero-order chi connectivity index (χ0) is 23.4. The van der Waals surface area contributed by atoms with E-state index in [1.807, 2.05) is 54.6 Å². The Hall–Kier alpha value is -3.58. The Balaban J connectivity index is 1.33. The fourth-order valence-electron chi connectivity index (χ4n) is 3.61. The maximum Gasteiger partial charge on any atom is 0.325 e. The molecule has 1 aliphatic rings. The molecule has 0 aromatic heterocycles. The van der Waals surface area contributed by atoms with Crippen molar-refractivity contribution >= 4 is 35.3 Å². The van der Waals surface area contributed by atoms with Crippen LogP contribution in [-0.4, -0.2) is 35.3 Å². The van der Waals surface area contributed by atoms with Gasteiger partial charge in [-0.2, -0.15) is 0 Å². The summed E-state index contributed by atoms with van der Waals surface area (Å²) in [7, 11) is 0. The molecule has 168 valence electrons. The number of nitrogens with zero attached hydrogens (tertiary/aromatic N) is 1. The summed E-state index contributed by atoms with van der Waals surface area (Å²) in [5, 5.41) is 5.43. The van der Waals surface area contributed by atoms with Gasteiger partial charge in [0.1, 0.15) is 12.6 Å². The predicted octanol–water partition coefficient (Wildman–Crippen LogP) is 4.56. The molecule has 1 atom stereocenters. The van der Waals surface area contributed by atoms with Crippen molar-refractivity contribution in [3.05, 3.63) is 89.5 Å². The van der Waals surface area contributed by atoms with Crippen molar-refractivity contribution in [3.63, 3.8) is 0 Å². The lowest BCUT2D eigenvalue weighted by Crippen LogP contribution is -2.38. The van der Waals surface area contributed by atoms with Crippen LogP contribution < -0.4 is 10.6 Å². The smallest absolute Gasteiger partial charge is 0.325 e. The number of anilines is 1. The second-order valence-electron chi connectivity index (χ2n) is 8.06.